The van der Waals surface area contributed by atoms with Gasteiger partial charge < -0.3 is 14.6 Å². The second-order valence-corrected chi connectivity index (χ2v) is 8.36. The highest BCUT2D eigenvalue weighted by Crippen LogP contribution is 2.42. The van der Waals surface area contributed by atoms with E-state index in [4.69, 9.17) is 14.6 Å². The van der Waals surface area contributed by atoms with Crippen LogP contribution in [0.3, 0.4) is 0 Å². The molecule has 0 saturated heterocycles. The second-order valence-electron chi connectivity index (χ2n) is 8.36. The fraction of sp³-hybridized carbons (Fsp3) is 0.500. The SMILES string of the molecule is CC1(C)Cc2cc(F)cc(COC3C=C4CCC(CC(=O)O)C4=CC3)c2O1. The summed E-state index contributed by atoms with van der Waals surface area (Å²) in [6.45, 7) is 4.30. The minimum absolute atomic E-state index is 0.0688. The Morgan fingerprint density at radius 3 is 3.00 bits per heavy atom. The van der Waals surface area contributed by atoms with Gasteiger partial charge in [0, 0.05) is 17.5 Å². The van der Waals surface area contributed by atoms with Gasteiger partial charge in [-0.15, -0.1) is 0 Å². The van der Waals surface area contributed by atoms with E-state index in [9.17, 15) is 9.18 Å². The number of halogens is 1. The van der Waals surface area contributed by atoms with Gasteiger partial charge in [-0.05, 0) is 62.3 Å². The molecule has 2 unspecified atom stereocenters. The summed E-state index contributed by atoms with van der Waals surface area (Å²) in [7, 11) is 0. The lowest BCUT2D eigenvalue weighted by molar-refractivity contribution is -0.137. The molecule has 2 atom stereocenters. The van der Waals surface area contributed by atoms with E-state index >= 15 is 0 Å². The Balaban J connectivity index is 1.43. The fourth-order valence-corrected chi connectivity index (χ4v) is 4.49. The smallest absolute Gasteiger partial charge is 0.303 e. The lowest BCUT2D eigenvalue weighted by Gasteiger charge is -2.22. The highest BCUT2D eigenvalue weighted by Gasteiger charge is 2.33. The molecule has 1 aliphatic heterocycles. The van der Waals surface area contributed by atoms with Crippen molar-refractivity contribution in [1.82, 2.24) is 0 Å². The Bertz CT molecular complexity index is 837. The molecule has 1 N–H and O–H groups in total. The van der Waals surface area contributed by atoms with Crippen molar-refractivity contribution in [2.24, 2.45) is 5.92 Å². The number of aliphatic carboxylic acids is 1. The number of carbonyl (C=O) groups is 1. The van der Waals surface area contributed by atoms with E-state index in [2.05, 4.69) is 12.2 Å². The van der Waals surface area contributed by atoms with E-state index in [1.807, 2.05) is 13.8 Å². The minimum atomic E-state index is -0.747. The van der Waals surface area contributed by atoms with Crippen molar-refractivity contribution in [2.75, 3.05) is 0 Å². The number of allylic oxidation sites excluding steroid dienone is 2. The van der Waals surface area contributed by atoms with Crippen LogP contribution in [0.15, 0.2) is 35.4 Å². The van der Waals surface area contributed by atoms with Crippen LogP contribution in [-0.4, -0.2) is 22.8 Å². The number of ether oxygens (including phenoxy) is 2. The first-order valence-corrected chi connectivity index (χ1v) is 9.55. The van der Waals surface area contributed by atoms with Crippen LogP contribution in [0, 0.1) is 11.7 Å². The number of carboxylic acid groups (broad SMARTS) is 1. The van der Waals surface area contributed by atoms with E-state index in [0.29, 0.717) is 13.0 Å². The number of rotatable bonds is 5. The fourth-order valence-electron chi connectivity index (χ4n) is 4.49. The maximum absolute atomic E-state index is 14.0. The normalized spacial score (nSPS) is 25.3. The Hall–Kier alpha value is -2.14. The Morgan fingerprint density at radius 1 is 1.41 bits per heavy atom. The molecule has 4 rings (SSSR count). The summed E-state index contributed by atoms with van der Waals surface area (Å²) < 4.78 is 26.1. The van der Waals surface area contributed by atoms with Crippen LogP contribution < -0.4 is 4.74 Å². The molecule has 0 spiro atoms. The summed E-state index contributed by atoms with van der Waals surface area (Å²) in [6, 6.07) is 3.04. The predicted octanol–water partition coefficient (Wildman–Crippen LogP) is 4.57. The summed E-state index contributed by atoms with van der Waals surface area (Å²) in [6.07, 6.45) is 7.55. The van der Waals surface area contributed by atoms with Gasteiger partial charge in [-0.3, -0.25) is 4.79 Å². The van der Waals surface area contributed by atoms with Crippen LogP contribution in [0.2, 0.25) is 0 Å². The summed E-state index contributed by atoms with van der Waals surface area (Å²) in [5, 5.41) is 9.05. The maximum atomic E-state index is 14.0. The van der Waals surface area contributed by atoms with Gasteiger partial charge in [-0.2, -0.15) is 0 Å². The summed E-state index contributed by atoms with van der Waals surface area (Å²) in [5.74, 6) is -0.131. The van der Waals surface area contributed by atoms with Crippen molar-refractivity contribution in [3.05, 3.63) is 52.4 Å². The van der Waals surface area contributed by atoms with Crippen molar-refractivity contribution < 1.29 is 23.8 Å². The molecule has 0 bridgehead atoms. The first kappa shape index (κ1) is 18.2. The molecule has 27 heavy (non-hydrogen) atoms. The summed E-state index contributed by atoms with van der Waals surface area (Å²) in [4.78, 5) is 11.0. The molecule has 1 aromatic carbocycles. The third-order valence-corrected chi connectivity index (χ3v) is 5.61. The Labute approximate surface area is 158 Å². The number of carboxylic acids is 1. The average Bonchev–Trinajstić information content (AvgIpc) is 3.11. The van der Waals surface area contributed by atoms with Crippen LogP contribution in [0.4, 0.5) is 4.39 Å². The first-order valence-electron chi connectivity index (χ1n) is 9.55. The van der Waals surface area contributed by atoms with E-state index in [-0.39, 0.29) is 29.9 Å². The third kappa shape index (κ3) is 3.79. The molecule has 1 fully saturated rings. The van der Waals surface area contributed by atoms with Crippen molar-refractivity contribution >= 4 is 5.97 Å². The highest BCUT2D eigenvalue weighted by atomic mass is 19.1. The van der Waals surface area contributed by atoms with Gasteiger partial charge in [0.1, 0.15) is 17.2 Å². The molecule has 0 amide bonds. The molecule has 5 heteroatoms. The number of hydrogen-bond acceptors (Lipinski definition) is 3. The molecule has 0 radical (unpaired) electrons. The first-order chi connectivity index (χ1) is 12.8. The van der Waals surface area contributed by atoms with E-state index < -0.39 is 5.97 Å². The van der Waals surface area contributed by atoms with Crippen molar-refractivity contribution in [1.29, 1.82) is 0 Å². The van der Waals surface area contributed by atoms with Gasteiger partial charge in [-0.25, -0.2) is 4.39 Å². The van der Waals surface area contributed by atoms with Crippen LogP contribution >= 0.6 is 0 Å². The molecular weight excluding hydrogens is 347 g/mol. The topological polar surface area (TPSA) is 55.8 Å². The standard InChI is InChI=1S/C22H25FO4/c1-22(2)11-15-7-17(23)8-16(21(15)27-22)12-26-18-5-6-19-13(9-18)3-4-14(19)10-20(24)25/h6-9,14,18H,3-5,10-12H2,1-2H3,(H,24,25). The quantitative estimate of drug-likeness (QED) is 0.823. The van der Waals surface area contributed by atoms with Crippen LogP contribution in [0.5, 0.6) is 5.75 Å². The van der Waals surface area contributed by atoms with Gasteiger partial charge >= 0.3 is 5.97 Å². The van der Waals surface area contributed by atoms with Gasteiger partial charge in [0.05, 0.1) is 19.1 Å². The van der Waals surface area contributed by atoms with E-state index in [0.717, 1.165) is 36.1 Å². The number of hydrogen-bond donors (Lipinski definition) is 1. The molecule has 2 aliphatic carbocycles. The zero-order valence-corrected chi connectivity index (χ0v) is 15.8. The highest BCUT2D eigenvalue weighted by molar-refractivity contribution is 5.68. The Morgan fingerprint density at radius 2 is 2.22 bits per heavy atom. The van der Waals surface area contributed by atoms with Crippen molar-refractivity contribution in [3.8, 4) is 5.75 Å². The van der Waals surface area contributed by atoms with Gasteiger partial charge in [0.25, 0.3) is 0 Å². The zero-order valence-electron chi connectivity index (χ0n) is 15.8. The summed E-state index contributed by atoms with van der Waals surface area (Å²) in [5.41, 5.74) is 3.71. The Kier molecular flexibility index (Phi) is 4.58. The summed E-state index contributed by atoms with van der Waals surface area (Å²) >= 11 is 0. The molecule has 4 nitrogen and oxygen atoms in total. The number of fused-ring (bicyclic) bond motifs is 2. The molecule has 144 valence electrons. The van der Waals surface area contributed by atoms with E-state index in [1.165, 1.54) is 17.2 Å². The second kappa shape index (κ2) is 6.79. The van der Waals surface area contributed by atoms with Crippen LogP contribution in [0.25, 0.3) is 0 Å². The van der Waals surface area contributed by atoms with Gasteiger partial charge in [0.15, 0.2) is 0 Å². The molecule has 0 aromatic heterocycles. The molecule has 1 saturated carbocycles. The maximum Gasteiger partial charge on any atom is 0.303 e. The van der Waals surface area contributed by atoms with Crippen molar-refractivity contribution in [2.45, 2.75) is 64.3 Å². The van der Waals surface area contributed by atoms with Gasteiger partial charge in [-0.1, -0.05) is 12.2 Å². The molecule has 3 aliphatic rings. The van der Waals surface area contributed by atoms with Crippen LogP contribution in [-0.2, 0) is 22.6 Å². The lowest BCUT2D eigenvalue weighted by atomic mass is 9.92. The number of benzene rings is 1. The lowest BCUT2D eigenvalue weighted by Crippen LogP contribution is -2.25. The largest absolute Gasteiger partial charge is 0.487 e. The van der Waals surface area contributed by atoms with Gasteiger partial charge in [0.2, 0.25) is 0 Å². The minimum Gasteiger partial charge on any atom is -0.487 e. The predicted molar refractivity (Wildman–Crippen MR) is 99.1 cm³/mol. The average molecular weight is 372 g/mol. The zero-order chi connectivity index (χ0) is 19.2. The van der Waals surface area contributed by atoms with E-state index in [1.54, 1.807) is 6.07 Å². The molecule has 1 aromatic rings. The van der Waals surface area contributed by atoms with Crippen molar-refractivity contribution in [3.63, 3.8) is 0 Å². The third-order valence-electron chi connectivity index (χ3n) is 5.61. The molecule has 1 heterocycles. The monoisotopic (exact) mass is 372 g/mol. The molecular formula is C22H25FO4. The van der Waals surface area contributed by atoms with Crippen LogP contribution in [0.1, 0.15) is 50.7 Å².